The summed E-state index contributed by atoms with van der Waals surface area (Å²) in [5.41, 5.74) is 4.61. The average molecular weight is 297 g/mol. The van der Waals surface area contributed by atoms with Crippen molar-refractivity contribution >= 4 is 27.9 Å². The van der Waals surface area contributed by atoms with Crippen LogP contribution in [0.1, 0.15) is 21.1 Å². The standard InChI is InChI=1S/C17H19N3S/c1-11-5-4-6-14-15(7-9-19-17(11)14)18-10-8-16-12(2)20-13(3)21-16/h4-7,9H,8,10H2,1-3H3,(H,18,19). The Balaban J connectivity index is 1.77. The van der Waals surface area contributed by atoms with Crippen molar-refractivity contribution in [3.63, 3.8) is 0 Å². The summed E-state index contributed by atoms with van der Waals surface area (Å²) in [5.74, 6) is 0. The van der Waals surface area contributed by atoms with Crippen molar-refractivity contribution in [1.82, 2.24) is 9.97 Å². The molecule has 0 spiro atoms. The van der Waals surface area contributed by atoms with Crippen molar-refractivity contribution in [2.24, 2.45) is 0 Å². The third kappa shape index (κ3) is 2.90. The topological polar surface area (TPSA) is 37.8 Å². The highest BCUT2D eigenvalue weighted by molar-refractivity contribution is 7.11. The summed E-state index contributed by atoms with van der Waals surface area (Å²) in [5, 5.41) is 5.87. The van der Waals surface area contributed by atoms with Crippen molar-refractivity contribution in [2.45, 2.75) is 27.2 Å². The highest BCUT2D eigenvalue weighted by Gasteiger charge is 2.06. The molecular formula is C17H19N3S. The minimum Gasteiger partial charge on any atom is -0.384 e. The third-order valence-electron chi connectivity index (χ3n) is 3.64. The highest BCUT2D eigenvalue weighted by Crippen LogP contribution is 2.24. The Bertz CT molecular complexity index is 777. The molecule has 0 fully saturated rings. The van der Waals surface area contributed by atoms with E-state index >= 15 is 0 Å². The second-order valence-corrected chi connectivity index (χ2v) is 6.54. The number of rotatable bonds is 4. The first-order chi connectivity index (χ1) is 10.1. The number of para-hydroxylation sites is 1. The van der Waals surface area contributed by atoms with Gasteiger partial charge in [-0.2, -0.15) is 0 Å². The number of aromatic nitrogens is 2. The summed E-state index contributed by atoms with van der Waals surface area (Å²) in [7, 11) is 0. The maximum absolute atomic E-state index is 4.48. The molecule has 0 aliphatic heterocycles. The molecule has 4 heteroatoms. The number of hydrogen-bond donors (Lipinski definition) is 1. The van der Waals surface area contributed by atoms with Gasteiger partial charge >= 0.3 is 0 Å². The minimum atomic E-state index is 0.912. The molecule has 3 nitrogen and oxygen atoms in total. The molecular weight excluding hydrogens is 278 g/mol. The van der Waals surface area contributed by atoms with E-state index in [9.17, 15) is 0 Å². The first kappa shape index (κ1) is 14.0. The summed E-state index contributed by atoms with van der Waals surface area (Å²) in [6, 6.07) is 8.36. The van der Waals surface area contributed by atoms with Gasteiger partial charge in [0.2, 0.25) is 0 Å². The molecule has 0 atom stereocenters. The van der Waals surface area contributed by atoms with E-state index in [4.69, 9.17) is 0 Å². The van der Waals surface area contributed by atoms with Crippen LogP contribution in [0.3, 0.4) is 0 Å². The number of nitrogens with zero attached hydrogens (tertiary/aromatic N) is 2. The van der Waals surface area contributed by atoms with Gasteiger partial charge in [-0.15, -0.1) is 11.3 Å². The number of hydrogen-bond acceptors (Lipinski definition) is 4. The van der Waals surface area contributed by atoms with Gasteiger partial charge in [0.1, 0.15) is 0 Å². The second kappa shape index (κ2) is 5.82. The van der Waals surface area contributed by atoms with Crippen LogP contribution in [-0.4, -0.2) is 16.5 Å². The van der Waals surface area contributed by atoms with Gasteiger partial charge in [-0.3, -0.25) is 4.98 Å². The van der Waals surface area contributed by atoms with Crippen LogP contribution in [0.5, 0.6) is 0 Å². The molecule has 1 N–H and O–H groups in total. The number of benzene rings is 1. The fraction of sp³-hybridized carbons (Fsp3) is 0.294. The van der Waals surface area contributed by atoms with E-state index in [0.717, 1.165) is 34.9 Å². The smallest absolute Gasteiger partial charge is 0.0900 e. The van der Waals surface area contributed by atoms with Gasteiger partial charge in [0, 0.05) is 35.1 Å². The molecule has 0 radical (unpaired) electrons. The van der Waals surface area contributed by atoms with Crippen LogP contribution in [-0.2, 0) is 6.42 Å². The van der Waals surface area contributed by atoms with Gasteiger partial charge in [0.05, 0.1) is 16.2 Å². The Kier molecular flexibility index (Phi) is 3.88. The zero-order chi connectivity index (χ0) is 14.8. The van der Waals surface area contributed by atoms with Gasteiger partial charge < -0.3 is 5.32 Å². The monoisotopic (exact) mass is 297 g/mol. The van der Waals surface area contributed by atoms with Crippen LogP contribution >= 0.6 is 11.3 Å². The van der Waals surface area contributed by atoms with Crippen LogP contribution in [0, 0.1) is 20.8 Å². The number of pyridine rings is 1. The molecule has 0 aliphatic rings. The molecule has 21 heavy (non-hydrogen) atoms. The lowest BCUT2D eigenvalue weighted by Crippen LogP contribution is -2.05. The van der Waals surface area contributed by atoms with Crippen LogP contribution in [0.15, 0.2) is 30.5 Å². The first-order valence-electron chi connectivity index (χ1n) is 7.16. The number of aryl methyl sites for hydroxylation is 3. The summed E-state index contributed by atoms with van der Waals surface area (Å²) >= 11 is 1.79. The van der Waals surface area contributed by atoms with Gasteiger partial charge in [-0.1, -0.05) is 18.2 Å². The van der Waals surface area contributed by atoms with Crippen LogP contribution in [0.2, 0.25) is 0 Å². The van der Waals surface area contributed by atoms with E-state index in [1.54, 1.807) is 11.3 Å². The molecule has 0 bridgehead atoms. The second-order valence-electron chi connectivity index (χ2n) is 5.25. The molecule has 3 rings (SSSR count). The van der Waals surface area contributed by atoms with E-state index in [1.807, 2.05) is 12.3 Å². The predicted octanol–water partition coefficient (Wildman–Crippen LogP) is 4.27. The van der Waals surface area contributed by atoms with Crippen molar-refractivity contribution in [1.29, 1.82) is 0 Å². The van der Waals surface area contributed by atoms with Gasteiger partial charge in [-0.05, 0) is 32.4 Å². The fourth-order valence-electron chi connectivity index (χ4n) is 2.59. The zero-order valence-corrected chi connectivity index (χ0v) is 13.4. The summed E-state index contributed by atoms with van der Waals surface area (Å²) in [6.45, 7) is 7.16. The zero-order valence-electron chi connectivity index (χ0n) is 12.6. The Morgan fingerprint density at radius 1 is 1.14 bits per heavy atom. The Morgan fingerprint density at radius 3 is 2.76 bits per heavy atom. The van der Waals surface area contributed by atoms with Crippen LogP contribution in [0.4, 0.5) is 5.69 Å². The maximum atomic E-state index is 4.48. The molecule has 2 aromatic heterocycles. The number of anilines is 1. The van der Waals surface area contributed by atoms with Crippen LogP contribution in [0.25, 0.3) is 10.9 Å². The first-order valence-corrected chi connectivity index (χ1v) is 7.98. The molecule has 0 aliphatic carbocycles. The molecule has 108 valence electrons. The van der Waals surface area contributed by atoms with Crippen molar-refractivity contribution in [3.8, 4) is 0 Å². The van der Waals surface area contributed by atoms with Crippen molar-refractivity contribution in [3.05, 3.63) is 51.6 Å². The fourth-order valence-corrected chi connectivity index (χ4v) is 3.53. The molecule has 3 aromatic rings. The summed E-state index contributed by atoms with van der Waals surface area (Å²) < 4.78 is 0. The van der Waals surface area contributed by atoms with Crippen molar-refractivity contribution < 1.29 is 0 Å². The minimum absolute atomic E-state index is 0.912. The SMILES string of the molecule is Cc1nc(C)c(CCNc2ccnc3c(C)cccc23)s1. The van der Waals surface area contributed by atoms with Gasteiger partial charge in [0.25, 0.3) is 0 Å². The molecule has 0 amide bonds. The number of thiazole rings is 1. The van der Waals surface area contributed by atoms with E-state index in [0.29, 0.717) is 0 Å². The molecule has 0 saturated carbocycles. The third-order valence-corrected chi connectivity index (χ3v) is 4.77. The quantitative estimate of drug-likeness (QED) is 0.781. The Morgan fingerprint density at radius 2 is 2.00 bits per heavy atom. The Hall–Kier alpha value is -1.94. The summed E-state index contributed by atoms with van der Waals surface area (Å²) in [4.78, 5) is 10.3. The Labute approximate surface area is 129 Å². The average Bonchev–Trinajstić information content (AvgIpc) is 2.78. The van der Waals surface area contributed by atoms with Crippen molar-refractivity contribution in [2.75, 3.05) is 11.9 Å². The van der Waals surface area contributed by atoms with Gasteiger partial charge in [0.15, 0.2) is 0 Å². The highest BCUT2D eigenvalue weighted by atomic mass is 32.1. The summed E-state index contributed by atoms with van der Waals surface area (Å²) in [6.07, 6.45) is 2.88. The molecule has 1 aromatic carbocycles. The van der Waals surface area contributed by atoms with E-state index in [2.05, 4.69) is 54.3 Å². The van der Waals surface area contributed by atoms with E-state index in [1.165, 1.54) is 15.8 Å². The lowest BCUT2D eigenvalue weighted by Gasteiger charge is -2.10. The normalized spacial score (nSPS) is 11.0. The lowest BCUT2D eigenvalue weighted by atomic mass is 10.1. The number of nitrogens with one attached hydrogen (secondary N) is 1. The van der Waals surface area contributed by atoms with E-state index < -0.39 is 0 Å². The van der Waals surface area contributed by atoms with Gasteiger partial charge in [-0.25, -0.2) is 4.98 Å². The lowest BCUT2D eigenvalue weighted by molar-refractivity contribution is 1.02. The number of fused-ring (bicyclic) bond motifs is 1. The van der Waals surface area contributed by atoms with E-state index in [-0.39, 0.29) is 0 Å². The molecule has 0 unspecified atom stereocenters. The maximum Gasteiger partial charge on any atom is 0.0900 e. The predicted molar refractivity (Wildman–Crippen MR) is 90.3 cm³/mol. The molecule has 2 heterocycles. The van der Waals surface area contributed by atoms with Crippen LogP contribution < -0.4 is 5.32 Å². The largest absolute Gasteiger partial charge is 0.384 e. The molecule has 0 saturated heterocycles.